The van der Waals surface area contributed by atoms with Crippen LogP contribution in [0.4, 0.5) is 13.2 Å². The van der Waals surface area contributed by atoms with Crippen molar-refractivity contribution in [2.45, 2.75) is 0 Å². The van der Waals surface area contributed by atoms with Crippen LogP contribution < -0.4 is 0 Å². The molecule has 5 heteroatoms. The number of hydrogen-bond acceptors (Lipinski definition) is 1. The number of phenols is 1. The van der Waals surface area contributed by atoms with Crippen LogP contribution in [0.2, 0.25) is 0 Å². The maximum Gasteiger partial charge on any atom is 0.200 e. The third kappa shape index (κ3) is 2.33. The maximum absolute atomic E-state index is 12.1. The summed E-state index contributed by atoms with van der Waals surface area (Å²) in [4.78, 5) is 0. The third-order valence-corrected chi connectivity index (χ3v) is 0.974. The average molecular weight is 239 g/mol. The van der Waals surface area contributed by atoms with E-state index in [1.165, 1.54) is 0 Å². The van der Waals surface area contributed by atoms with Gasteiger partial charge >= 0.3 is 0 Å². The summed E-state index contributed by atoms with van der Waals surface area (Å²) >= 11 is 0. The smallest absolute Gasteiger partial charge is 0.200 e. The molecule has 0 spiro atoms. The van der Waals surface area contributed by atoms with Gasteiger partial charge in [0.1, 0.15) is 5.82 Å². The van der Waals surface area contributed by atoms with Gasteiger partial charge < -0.3 is 5.11 Å². The number of hydrogen-bond donors (Lipinski definition) is 1. The number of benzene rings is 1. The van der Waals surface area contributed by atoms with Crippen LogP contribution in [0.5, 0.6) is 5.75 Å². The van der Waals surface area contributed by atoms with E-state index < -0.39 is 23.2 Å². The van der Waals surface area contributed by atoms with Crippen molar-refractivity contribution >= 4 is 0 Å². The summed E-state index contributed by atoms with van der Waals surface area (Å²) in [6.07, 6.45) is 0. The van der Waals surface area contributed by atoms with Gasteiger partial charge in [0.15, 0.2) is 11.6 Å². The Morgan fingerprint density at radius 1 is 1.09 bits per heavy atom. The van der Waals surface area contributed by atoms with Crippen LogP contribution in [0, 0.1) is 17.5 Å². The van der Waals surface area contributed by atoms with Crippen molar-refractivity contribution in [1.82, 2.24) is 0 Å². The van der Waals surface area contributed by atoms with E-state index >= 15 is 0 Å². The van der Waals surface area contributed by atoms with Gasteiger partial charge in [-0.1, -0.05) is 0 Å². The van der Waals surface area contributed by atoms with E-state index in [4.69, 9.17) is 5.11 Å². The van der Waals surface area contributed by atoms with Crippen molar-refractivity contribution in [2.24, 2.45) is 0 Å². The van der Waals surface area contributed by atoms with Gasteiger partial charge in [-0.15, -0.1) is 0 Å². The maximum atomic E-state index is 12.1. The Morgan fingerprint density at radius 3 is 2.09 bits per heavy atom. The van der Waals surface area contributed by atoms with E-state index in [1.54, 1.807) is 0 Å². The van der Waals surface area contributed by atoms with Gasteiger partial charge in [-0.05, 0) is 0 Å². The van der Waals surface area contributed by atoms with Crippen LogP contribution in [-0.2, 0) is 26.2 Å². The fourth-order valence-corrected chi connectivity index (χ4v) is 0.542. The van der Waals surface area contributed by atoms with Crippen molar-refractivity contribution in [3.63, 3.8) is 0 Å². The first-order valence-electron chi connectivity index (χ1n) is 2.45. The largest absolute Gasteiger partial charge is 0.505 e. The second-order valence-electron chi connectivity index (χ2n) is 1.72. The van der Waals surface area contributed by atoms with Crippen LogP contribution >= 0.6 is 0 Å². The molecule has 1 rings (SSSR count). The van der Waals surface area contributed by atoms with Gasteiger partial charge in [-0.3, -0.25) is 0 Å². The summed E-state index contributed by atoms with van der Waals surface area (Å²) < 4.78 is 36.2. The SMILES string of the molecule is Oc1cc(F)cc(F)c1F.[Zr]. The molecule has 58 valence electrons. The molecule has 11 heavy (non-hydrogen) atoms. The summed E-state index contributed by atoms with van der Waals surface area (Å²) in [5.74, 6) is -4.84. The van der Waals surface area contributed by atoms with E-state index in [9.17, 15) is 13.2 Å². The second-order valence-corrected chi connectivity index (χ2v) is 1.72. The summed E-state index contributed by atoms with van der Waals surface area (Å²) in [5.41, 5.74) is 0. The predicted molar refractivity (Wildman–Crippen MR) is 28.0 cm³/mol. The Bertz CT molecular complexity index is 241. The molecule has 0 bridgehead atoms. The molecule has 0 aliphatic rings. The molecule has 0 aliphatic heterocycles. The molecule has 0 saturated carbocycles. The second kappa shape index (κ2) is 3.91. The van der Waals surface area contributed by atoms with Gasteiger partial charge in [0.25, 0.3) is 0 Å². The van der Waals surface area contributed by atoms with E-state index in [0.29, 0.717) is 12.1 Å². The predicted octanol–water partition coefficient (Wildman–Crippen LogP) is 1.81. The Balaban J connectivity index is 0.000001000. The number of rotatable bonds is 0. The molecule has 1 nitrogen and oxygen atoms in total. The molecular weight excluding hydrogens is 236 g/mol. The Hall–Kier alpha value is -0.307. The molecule has 0 radical (unpaired) electrons. The van der Waals surface area contributed by atoms with Crippen LogP contribution in [0.1, 0.15) is 0 Å². The van der Waals surface area contributed by atoms with Gasteiger partial charge in [0, 0.05) is 38.3 Å². The molecule has 0 aliphatic carbocycles. The van der Waals surface area contributed by atoms with E-state index in [1.807, 2.05) is 0 Å². The summed E-state index contributed by atoms with van der Waals surface area (Å²) in [6.45, 7) is 0. The fraction of sp³-hybridized carbons (Fsp3) is 0. The standard InChI is InChI=1S/C6H3F3O.Zr/c7-3-1-4(8)6(9)5(10)2-3;/h1-2,10H;. The summed E-state index contributed by atoms with van der Waals surface area (Å²) in [5, 5.41) is 8.43. The van der Waals surface area contributed by atoms with Crippen molar-refractivity contribution in [3.05, 3.63) is 29.6 Å². The molecule has 1 N–H and O–H groups in total. The Labute approximate surface area is 80.0 Å². The van der Waals surface area contributed by atoms with Crippen LogP contribution in [0.3, 0.4) is 0 Å². The first kappa shape index (κ1) is 10.7. The zero-order chi connectivity index (χ0) is 7.72. The van der Waals surface area contributed by atoms with Gasteiger partial charge in [0.2, 0.25) is 5.82 Å². The molecule has 0 unspecified atom stereocenters. The van der Waals surface area contributed by atoms with Crippen LogP contribution in [-0.4, -0.2) is 5.11 Å². The molecule has 0 atom stereocenters. The quantitative estimate of drug-likeness (QED) is 0.685. The average Bonchev–Trinajstić information content (AvgIpc) is 1.82. The first-order chi connectivity index (χ1) is 4.61. The van der Waals surface area contributed by atoms with Crippen molar-refractivity contribution in [2.75, 3.05) is 0 Å². The van der Waals surface area contributed by atoms with Crippen LogP contribution in [0.15, 0.2) is 12.1 Å². The Kier molecular flexibility index (Phi) is 3.80. The minimum atomic E-state index is -1.43. The van der Waals surface area contributed by atoms with E-state index in [2.05, 4.69) is 0 Å². The third-order valence-electron chi connectivity index (χ3n) is 0.974. The van der Waals surface area contributed by atoms with Gasteiger partial charge in [-0.2, -0.15) is 4.39 Å². The van der Waals surface area contributed by atoms with E-state index in [0.717, 1.165) is 0 Å². The summed E-state index contributed by atoms with van der Waals surface area (Å²) in [7, 11) is 0. The number of aromatic hydroxyl groups is 1. The minimum Gasteiger partial charge on any atom is -0.505 e. The molecular formula is C6H3F3OZr. The molecule has 1 aromatic carbocycles. The monoisotopic (exact) mass is 238 g/mol. The fourth-order valence-electron chi connectivity index (χ4n) is 0.542. The minimum absolute atomic E-state index is 0. The molecule has 1 aromatic rings. The van der Waals surface area contributed by atoms with Crippen molar-refractivity contribution in [1.29, 1.82) is 0 Å². The Morgan fingerprint density at radius 2 is 1.64 bits per heavy atom. The molecule has 0 heterocycles. The topological polar surface area (TPSA) is 20.2 Å². The van der Waals surface area contributed by atoms with Crippen LogP contribution in [0.25, 0.3) is 0 Å². The molecule has 0 saturated heterocycles. The zero-order valence-electron chi connectivity index (χ0n) is 5.24. The van der Waals surface area contributed by atoms with Crippen molar-refractivity contribution < 1.29 is 44.5 Å². The van der Waals surface area contributed by atoms with Crippen molar-refractivity contribution in [3.8, 4) is 5.75 Å². The summed E-state index contributed by atoms with van der Waals surface area (Å²) in [6, 6.07) is 0.855. The zero-order valence-corrected chi connectivity index (χ0v) is 7.69. The normalized spacial score (nSPS) is 9.00. The van der Waals surface area contributed by atoms with Gasteiger partial charge in [-0.25, -0.2) is 8.78 Å². The molecule has 0 aromatic heterocycles. The van der Waals surface area contributed by atoms with Gasteiger partial charge in [0.05, 0.1) is 0 Å². The first-order valence-corrected chi connectivity index (χ1v) is 2.45. The molecule has 0 amide bonds. The number of halogens is 3. The van der Waals surface area contributed by atoms with E-state index in [-0.39, 0.29) is 26.2 Å². The number of phenolic OH excluding ortho intramolecular Hbond substituents is 1. The molecule has 0 fully saturated rings.